The molecule has 1 aromatic carbocycles. The van der Waals surface area contributed by atoms with Crippen LogP contribution in [0.3, 0.4) is 0 Å². The zero-order valence-electron chi connectivity index (χ0n) is 8.51. The number of alkyl halides is 3. The summed E-state index contributed by atoms with van der Waals surface area (Å²) in [6.07, 6.45) is -4.43. The van der Waals surface area contributed by atoms with Gasteiger partial charge in [-0.25, -0.2) is 5.90 Å². The van der Waals surface area contributed by atoms with Crippen LogP contribution in [0.5, 0.6) is 0 Å². The first-order valence-electron chi connectivity index (χ1n) is 4.54. The number of benzene rings is 1. The molecule has 0 amide bonds. The summed E-state index contributed by atoms with van der Waals surface area (Å²) in [6.45, 7) is 2.01. The Morgan fingerprint density at radius 2 is 2.06 bits per heavy atom. The molecule has 0 aromatic heterocycles. The molecular formula is C10H11ClF3NO. The van der Waals surface area contributed by atoms with E-state index < -0.39 is 11.7 Å². The second-order valence-electron chi connectivity index (χ2n) is 3.47. The van der Waals surface area contributed by atoms with Crippen molar-refractivity contribution in [2.45, 2.75) is 19.0 Å². The molecular weight excluding hydrogens is 243 g/mol. The minimum Gasteiger partial charge on any atom is -0.304 e. The van der Waals surface area contributed by atoms with E-state index in [0.717, 1.165) is 6.07 Å². The van der Waals surface area contributed by atoms with Gasteiger partial charge in [-0.1, -0.05) is 24.6 Å². The second-order valence-corrected chi connectivity index (χ2v) is 3.88. The third kappa shape index (κ3) is 3.10. The van der Waals surface area contributed by atoms with Crippen LogP contribution in [0.2, 0.25) is 5.02 Å². The van der Waals surface area contributed by atoms with Gasteiger partial charge in [0.1, 0.15) is 0 Å². The number of hydrogen-bond donors (Lipinski definition) is 1. The minimum absolute atomic E-state index is 0.107. The highest BCUT2D eigenvalue weighted by Gasteiger charge is 2.33. The molecule has 90 valence electrons. The van der Waals surface area contributed by atoms with Gasteiger partial charge in [-0.2, -0.15) is 13.2 Å². The lowest BCUT2D eigenvalue weighted by atomic mass is 10.0. The maximum Gasteiger partial charge on any atom is 0.417 e. The Bertz CT molecular complexity index is 368. The van der Waals surface area contributed by atoms with E-state index >= 15 is 0 Å². The monoisotopic (exact) mass is 253 g/mol. The van der Waals surface area contributed by atoms with Crippen LogP contribution in [0, 0.1) is 0 Å². The molecule has 0 heterocycles. The van der Waals surface area contributed by atoms with Gasteiger partial charge >= 0.3 is 6.18 Å². The lowest BCUT2D eigenvalue weighted by molar-refractivity contribution is -0.137. The summed E-state index contributed by atoms with van der Waals surface area (Å²) < 4.78 is 37.2. The summed E-state index contributed by atoms with van der Waals surface area (Å²) in [7, 11) is 0. The lowest BCUT2D eigenvalue weighted by Crippen LogP contribution is -2.10. The Morgan fingerprint density at radius 3 is 2.50 bits per heavy atom. The first kappa shape index (κ1) is 13.3. The fourth-order valence-corrected chi connectivity index (χ4v) is 1.60. The van der Waals surface area contributed by atoms with Gasteiger partial charge in [-0.15, -0.1) is 0 Å². The van der Waals surface area contributed by atoms with Crippen molar-refractivity contribution >= 4 is 11.6 Å². The van der Waals surface area contributed by atoms with Gasteiger partial charge < -0.3 is 4.84 Å². The van der Waals surface area contributed by atoms with Gasteiger partial charge in [0, 0.05) is 5.92 Å². The molecule has 0 radical (unpaired) electrons. The number of rotatable bonds is 3. The minimum atomic E-state index is -4.43. The van der Waals surface area contributed by atoms with Crippen LogP contribution < -0.4 is 5.90 Å². The largest absolute Gasteiger partial charge is 0.417 e. The SMILES string of the molecule is CC(CON)c1ccc(C(F)(F)F)c(Cl)c1. The van der Waals surface area contributed by atoms with E-state index in [9.17, 15) is 13.2 Å². The van der Waals surface area contributed by atoms with Crippen LogP contribution in [0.25, 0.3) is 0 Å². The van der Waals surface area contributed by atoms with Gasteiger partial charge in [0.2, 0.25) is 0 Å². The van der Waals surface area contributed by atoms with E-state index in [1.54, 1.807) is 6.92 Å². The lowest BCUT2D eigenvalue weighted by Gasteiger charge is -2.13. The molecule has 1 aromatic rings. The normalized spacial score (nSPS) is 13.9. The quantitative estimate of drug-likeness (QED) is 0.839. The van der Waals surface area contributed by atoms with Crippen LogP contribution >= 0.6 is 11.6 Å². The number of hydrogen-bond acceptors (Lipinski definition) is 2. The predicted octanol–water partition coefficient (Wildman–Crippen LogP) is 3.35. The second kappa shape index (κ2) is 5.03. The summed E-state index contributed by atoms with van der Waals surface area (Å²) in [4.78, 5) is 4.43. The van der Waals surface area contributed by atoms with Crippen molar-refractivity contribution in [3.63, 3.8) is 0 Å². The summed E-state index contributed by atoms with van der Waals surface area (Å²) >= 11 is 5.57. The summed E-state index contributed by atoms with van der Waals surface area (Å²) in [5.74, 6) is 4.78. The fraction of sp³-hybridized carbons (Fsp3) is 0.400. The van der Waals surface area contributed by atoms with Crippen LogP contribution in [-0.2, 0) is 11.0 Å². The summed E-state index contributed by atoms with van der Waals surface area (Å²) in [5.41, 5.74) is -0.178. The summed E-state index contributed by atoms with van der Waals surface area (Å²) in [6, 6.07) is 3.62. The average Bonchev–Trinajstić information content (AvgIpc) is 2.16. The molecule has 2 nitrogen and oxygen atoms in total. The van der Waals surface area contributed by atoms with E-state index in [-0.39, 0.29) is 17.5 Å². The molecule has 1 rings (SSSR count). The van der Waals surface area contributed by atoms with Crippen LogP contribution in [0.4, 0.5) is 13.2 Å². The maximum atomic E-state index is 12.4. The third-order valence-electron chi connectivity index (χ3n) is 2.21. The molecule has 2 N–H and O–H groups in total. The highest BCUT2D eigenvalue weighted by Crippen LogP contribution is 2.35. The highest BCUT2D eigenvalue weighted by atomic mass is 35.5. The van der Waals surface area contributed by atoms with Crippen LogP contribution in [0.1, 0.15) is 24.0 Å². The molecule has 0 aliphatic rings. The van der Waals surface area contributed by atoms with Gasteiger partial charge in [-0.3, -0.25) is 0 Å². The van der Waals surface area contributed by atoms with E-state index in [2.05, 4.69) is 4.84 Å². The summed E-state index contributed by atoms with van der Waals surface area (Å²) in [5, 5.41) is -0.311. The Kier molecular flexibility index (Phi) is 4.18. The Morgan fingerprint density at radius 1 is 1.44 bits per heavy atom. The number of nitrogens with two attached hydrogens (primary N) is 1. The van der Waals surface area contributed by atoms with Gasteiger partial charge in [0.05, 0.1) is 17.2 Å². The van der Waals surface area contributed by atoms with Crippen LogP contribution in [-0.4, -0.2) is 6.61 Å². The Labute approximate surface area is 96.1 Å². The fourth-order valence-electron chi connectivity index (χ4n) is 1.31. The average molecular weight is 254 g/mol. The molecule has 6 heteroatoms. The standard InChI is InChI=1S/C10H11ClF3NO/c1-6(5-16-15)7-2-3-8(9(11)4-7)10(12,13)14/h2-4,6H,5,15H2,1H3. The predicted molar refractivity (Wildman–Crippen MR) is 55.0 cm³/mol. The molecule has 0 aliphatic heterocycles. The van der Waals surface area contributed by atoms with Gasteiger partial charge in [0.25, 0.3) is 0 Å². The molecule has 1 unspecified atom stereocenters. The first-order valence-corrected chi connectivity index (χ1v) is 4.92. The van der Waals surface area contributed by atoms with Crippen LogP contribution in [0.15, 0.2) is 18.2 Å². The molecule has 0 bridgehead atoms. The molecule has 0 saturated heterocycles. The van der Waals surface area contributed by atoms with Gasteiger partial charge in [0.15, 0.2) is 0 Å². The maximum absolute atomic E-state index is 12.4. The topological polar surface area (TPSA) is 35.2 Å². The Hall–Kier alpha value is -0.780. The van der Waals surface area contributed by atoms with Crippen molar-refractivity contribution < 1.29 is 18.0 Å². The van der Waals surface area contributed by atoms with Crippen molar-refractivity contribution in [3.8, 4) is 0 Å². The molecule has 16 heavy (non-hydrogen) atoms. The molecule has 0 spiro atoms. The van der Waals surface area contributed by atoms with E-state index in [4.69, 9.17) is 17.5 Å². The Balaban J connectivity index is 3.00. The highest BCUT2D eigenvalue weighted by molar-refractivity contribution is 6.31. The van der Waals surface area contributed by atoms with Crippen molar-refractivity contribution in [1.29, 1.82) is 0 Å². The number of halogens is 4. The van der Waals surface area contributed by atoms with Gasteiger partial charge in [-0.05, 0) is 17.7 Å². The smallest absolute Gasteiger partial charge is 0.304 e. The van der Waals surface area contributed by atoms with E-state index in [0.29, 0.717) is 5.56 Å². The van der Waals surface area contributed by atoms with E-state index in [1.165, 1.54) is 12.1 Å². The molecule has 0 fully saturated rings. The van der Waals surface area contributed by atoms with Crippen molar-refractivity contribution in [2.75, 3.05) is 6.61 Å². The third-order valence-corrected chi connectivity index (χ3v) is 2.53. The molecule has 0 saturated carbocycles. The van der Waals surface area contributed by atoms with E-state index in [1.807, 2.05) is 0 Å². The molecule has 0 aliphatic carbocycles. The van der Waals surface area contributed by atoms with Crippen molar-refractivity contribution in [3.05, 3.63) is 34.3 Å². The molecule has 1 atom stereocenters. The zero-order chi connectivity index (χ0) is 12.3. The zero-order valence-corrected chi connectivity index (χ0v) is 9.27. The van der Waals surface area contributed by atoms with Crippen molar-refractivity contribution in [1.82, 2.24) is 0 Å². The first-order chi connectivity index (χ1) is 7.36. The van der Waals surface area contributed by atoms with Crippen molar-refractivity contribution in [2.24, 2.45) is 5.90 Å².